The maximum atomic E-state index is 13.2. The van der Waals surface area contributed by atoms with Crippen molar-refractivity contribution in [2.45, 2.75) is 0 Å². The van der Waals surface area contributed by atoms with Gasteiger partial charge in [-0.2, -0.15) is 0 Å². The minimum atomic E-state index is -0.826. The molecule has 21 heavy (non-hydrogen) atoms. The van der Waals surface area contributed by atoms with Crippen LogP contribution in [0.2, 0.25) is 10.2 Å². The summed E-state index contributed by atoms with van der Waals surface area (Å²) in [6, 6.07) is 4.53. The summed E-state index contributed by atoms with van der Waals surface area (Å²) in [7, 11) is 0. The quantitative estimate of drug-likeness (QED) is 0.528. The van der Waals surface area contributed by atoms with E-state index in [2.05, 4.69) is 10.3 Å². The van der Waals surface area contributed by atoms with E-state index in [-0.39, 0.29) is 16.3 Å². The first kappa shape index (κ1) is 15.1. The monoisotopic (exact) mass is 329 g/mol. The molecule has 1 heterocycles. The Hall–Kier alpha value is -2.25. The molecule has 1 aromatic carbocycles. The van der Waals surface area contributed by atoms with Crippen LogP contribution in [0.5, 0.6) is 0 Å². The van der Waals surface area contributed by atoms with E-state index in [1.807, 2.05) is 0 Å². The van der Waals surface area contributed by atoms with Gasteiger partial charge in [-0.3, -0.25) is 14.9 Å². The molecule has 108 valence electrons. The second-order valence-electron chi connectivity index (χ2n) is 3.87. The first-order valence-electron chi connectivity index (χ1n) is 5.45. The number of nitro groups is 1. The van der Waals surface area contributed by atoms with Crippen molar-refractivity contribution in [1.82, 2.24) is 4.98 Å². The van der Waals surface area contributed by atoms with E-state index in [1.165, 1.54) is 6.07 Å². The van der Waals surface area contributed by atoms with Crippen molar-refractivity contribution in [3.63, 3.8) is 0 Å². The minimum Gasteiger partial charge on any atom is -0.322 e. The molecule has 9 heteroatoms. The first-order valence-corrected chi connectivity index (χ1v) is 6.20. The lowest BCUT2D eigenvalue weighted by Gasteiger charge is -2.07. The molecule has 2 aromatic rings. The molecule has 0 fully saturated rings. The zero-order valence-corrected chi connectivity index (χ0v) is 11.7. The van der Waals surface area contributed by atoms with Gasteiger partial charge in [-0.15, -0.1) is 0 Å². The van der Waals surface area contributed by atoms with Crippen molar-refractivity contribution in [3.05, 3.63) is 62.1 Å². The third kappa shape index (κ3) is 3.45. The number of benzene rings is 1. The van der Waals surface area contributed by atoms with Gasteiger partial charge in [0, 0.05) is 16.9 Å². The van der Waals surface area contributed by atoms with Crippen LogP contribution in [0.15, 0.2) is 30.5 Å². The van der Waals surface area contributed by atoms with E-state index >= 15 is 0 Å². The number of carbonyl (C=O) groups excluding carboxylic acids is 1. The SMILES string of the molecule is O=C(Nc1cc(F)cc(Cl)c1)c1ccnc(Cl)c1[N+](=O)[O-]. The van der Waals surface area contributed by atoms with Crippen LogP contribution in [-0.2, 0) is 0 Å². The fourth-order valence-corrected chi connectivity index (χ4v) is 2.06. The van der Waals surface area contributed by atoms with Crippen LogP contribution in [0.3, 0.4) is 0 Å². The van der Waals surface area contributed by atoms with Gasteiger partial charge >= 0.3 is 5.69 Å². The zero-order chi connectivity index (χ0) is 15.6. The van der Waals surface area contributed by atoms with Crippen LogP contribution in [0, 0.1) is 15.9 Å². The van der Waals surface area contributed by atoms with Crippen LogP contribution in [0.25, 0.3) is 0 Å². The summed E-state index contributed by atoms with van der Waals surface area (Å²) in [5.41, 5.74) is -0.855. The lowest BCUT2D eigenvalue weighted by molar-refractivity contribution is -0.385. The zero-order valence-electron chi connectivity index (χ0n) is 10.1. The third-order valence-electron chi connectivity index (χ3n) is 2.43. The highest BCUT2D eigenvalue weighted by Crippen LogP contribution is 2.27. The molecule has 6 nitrogen and oxygen atoms in total. The lowest BCUT2D eigenvalue weighted by Crippen LogP contribution is -2.14. The summed E-state index contributed by atoms with van der Waals surface area (Å²) < 4.78 is 13.2. The first-order chi connectivity index (χ1) is 9.88. The molecule has 0 bridgehead atoms. The van der Waals surface area contributed by atoms with Gasteiger partial charge in [0.05, 0.1) is 4.92 Å². The maximum Gasteiger partial charge on any atom is 0.319 e. The Kier molecular flexibility index (Phi) is 4.35. The number of halogens is 3. The molecule has 0 saturated carbocycles. The van der Waals surface area contributed by atoms with Gasteiger partial charge in [-0.1, -0.05) is 23.2 Å². The molecule has 2 rings (SSSR count). The van der Waals surface area contributed by atoms with E-state index in [0.29, 0.717) is 0 Å². The molecule has 0 aliphatic heterocycles. The van der Waals surface area contributed by atoms with Crippen molar-refractivity contribution in [2.24, 2.45) is 0 Å². The summed E-state index contributed by atoms with van der Waals surface area (Å²) in [6.45, 7) is 0. The molecule has 0 radical (unpaired) electrons. The van der Waals surface area contributed by atoms with Crippen LogP contribution in [-0.4, -0.2) is 15.8 Å². The molecular formula is C12H6Cl2FN3O3. The number of anilines is 1. The Morgan fingerprint density at radius 1 is 1.33 bits per heavy atom. The second kappa shape index (κ2) is 6.02. The Bertz CT molecular complexity index is 719. The predicted molar refractivity (Wildman–Crippen MR) is 75.3 cm³/mol. The predicted octanol–water partition coefficient (Wildman–Crippen LogP) is 3.69. The number of amides is 1. The van der Waals surface area contributed by atoms with Crippen molar-refractivity contribution in [2.75, 3.05) is 5.32 Å². The van der Waals surface area contributed by atoms with E-state index in [0.717, 1.165) is 24.4 Å². The highest BCUT2D eigenvalue weighted by molar-refractivity contribution is 6.32. The number of hydrogen-bond donors (Lipinski definition) is 1. The Labute approximate surface area is 127 Å². The van der Waals surface area contributed by atoms with Crippen molar-refractivity contribution in [1.29, 1.82) is 0 Å². The molecule has 0 aliphatic carbocycles. The van der Waals surface area contributed by atoms with Crippen molar-refractivity contribution >= 4 is 40.5 Å². The summed E-state index contributed by atoms with van der Waals surface area (Å²) >= 11 is 11.3. The van der Waals surface area contributed by atoms with Gasteiger partial charge in [-0.05, 0) is 24.3 Å². The average molecular weight is 330 g/mol. The molecule has 1 N–H and O–H groups in total. The van der Waals surface area contributed by atoms with E-state index in [4.69, 9.17) is 23.2 Å². The van der Waals surface area contributed by atoms with Gasteiger partial charge in [0.25, 0.3) is 5.91 Å². The number of aromatic nitrogens is 1. The van der Waals surface area contributed by atoms with Gasteiger partial charge in [0.2, 0.25) is 5.15 Å². The molecule has 0 atom stereocenters. The second-order valence-corrected chi connectivity index (χ2v) is 4.66. The number of carbonyl (C=O) groups is 1. The smallest absolute Gasteiger partial charge is 0.319 e. The molecule has 1 aromatic heterocycles. The molecule has 0 spiro atoms. The fraction of sp³-hybridized carbons (Fsp3) is 0. The standard InChI is InChI=1S/C12H6Cl2FN3O3/c13-6-3-7(15)5-8(4-6)17-12(19)9-1-2-16-11(14)10(9)18(20)21/h1-5H,(H,17,19). The minimum absolute atomic E-state index is 0.0623. The van der Waals surface area contributed by atoms with Crippen LogP contribution >= 0.6 is 23.2 Å². The average Bonchev–Trinajstić information content (AvgIpc) is 2.36. The summed E-state index contributed by atoms with van der Waals surface area (Å²) in [6.07, 6.45) is 1.16. The summed E-state index contributed by atoms with van der Waals surface area (Å²) in [5, 5.41) is 12.9. The van der Waals surface area contributed by atoms with Crippen molar-refractivity contribution in [3.8, 4) is 0 Å². The normalized spacial score (nSPS) is 10.2. The summed E-state index contributed by atoms with van der Waals surface area (Å²) in [4.78, 5) is 25.7. The number of pyridine rings is 1. The lowest BCUT2D eigenvalue weighted by atomic mass is 10.2. The van der Waals surface area contributed by atoms with Crippen LogP contribution < -0.4 is 5.32 Å². The third-order valence-corrected chi connectivity index (χ3v) is 2.92. The summed E-state index contributed by atoms with van der Waals surface area (Å²) in [5.74, 6) is -1.48. The maximum absolute atomic E-state index is 13.2. The van der Waals surface area contributed by atoms with Gasteiger partial charge in [0.15, 0.2) is 0 Å². The Balaban J connectivity index is 2.37. The molecule has 0 aliphatic rings. The molecule has 1 amide bonds. The largest absolute Gasteiger partial charge is 0.322 e. The fourth-order valence-electron chi connectivity index (χ4n) is 1.61. The topological polar surface area (TPSA) is 85.1 Å². The van der Waals surface area contributed by atoms with Gasteiger partial charge in [-0.25, -0.2) is 9.37 Å². The molecule has 0 unspecified atom stereocenters. The highest BCUT2D eigenvalue weighted by atomic mass is 35.5. The number of nitrogens with one attached hydrogen (secondary N) is 1. The number of hydrogen-bond acceptors (Lipinski definition) is 4. The molecule has 0 saturated heterocycles. The van der Waals surface area contributed by atoms with E-state index in [1.54, 1.807) is 0 Å². The van der Waals surface area contributed by atoms with Gasteiger partial charge in [0.1, 0.15) is 11.4 Å². The Morgan fingerprint density at radius 2 is 2.05 bits per heavy atom. The Morgan fingerprint density at radius 3 is 2.67 bits per heavy atom. The van der Waals surface area contributed by atoms with Crippen LogP contribution in [0.1, 0.15) is 10.4 Å². The molecular weight excluding hydrogens is 324 g/mol. The van der Waals surface area contributed by atoms with Crippen molar-refractivity contribution < 1.29 is 14.1 Å². The number of rotatable bonds is 3. The number of nitrogens with zero attached hydrogens (tertiary/aromatic N) is 2. The van der Waals surface area contributed by atoms with E-state index < -0.39 is 27.5 Å². The van der Waals surface area contributed by atoms with Gasteiger partial charge < -0.3 is 5.32 Å². The highest BCUT2D eigenvalue weighted by Gasteiger charge is 2.24. The van der Waals surface area contributed by atoms with Crippen LogP contribution in [0.4, 0.5) is 15.8 Å². The van der Waals surface area contributed by atoms with E-state index in [9.17, 15) is 19.3 Å².